The van der Waals surface area contributed by atoms with Crippen LogP contribution in [0, 0.1) is 5.92 Å². The van der Waals surface area contributed by atoms with E-state index in [4.69, 9.17) is 17.3 Å². The van der Waals surface area contributed by atoms with Crippen LogP contribution in [-0.2, 0) is 9.59 Å². The minimum Gasteiger partial charge on any atom is -0.369 e. The highest BCUT2D eigenvalue weighted by Gasteiger charge is 2.28. The summed E-state index contributed by atoms with van der Waals surface area (Å²) in [5.74, 6) is -0.369. The Balaban J connectivity index is 2.43. The predicted molar refractivity (Wildman–Crippen MR) is 58.4 cm³/mol. The van der Waals surface area contributed by atoms with Crippen molar-refractivity contribution < 1.29 is 9.59 Å². The van der Waals surface area contributed by atoms with Gasteiger partial charge in [-0.05, 0) is 19.3 Å². The van der Waals surface area contributed by atoms with E-state index in [0.717, 1.165) is 0 Å². The lowest BCUT2D eigenvalue weighted by atomic mass is 9.96. The van der Waals surface area contributed by atoms with Gasteiger partial charge in [-0.25, -0.2) is 0 Å². The number of likely N-dealkylation sites (tertiary alicyclic amines) is 1. The van der Waals surface area contributed by atoms with Crippen molar-refractivity contribution >= 4 is 23.4 Å². The predicted octanol–water partition coefficient (Wildman–Crippen LogP) is 0.728. The fourth-order valence-electron chi connectivity index (χ4n) is 1.76. The van der Waals surface area contributed by atoms with Crippen LogP contribution in [0.5, 0.6) is 0 Å². The van der Waals surface area contributed by atoms with Gasteiger partial charge in [0.25, 0.3) is 0 Å². The first kappa shape index (κ1) is 12.3. The number of alkyl halides is 1. The number of rotatable bonds is 3. The molecule has 0 bridgehead atoms. The SMILES string of the molecule is CC[C@H](Cl)C(=O)N1CCC(C(N)=O)CC1. The van der Waals surface area contributed by atoms with Crippen molar-refractivity contribution in [1.29, 1.82) is 0 Å². The molecule has 0 aromatic heterocycles. The molecule has 15 heavy (non-hydrogen) atoms. The van der Waals surface area contributed by atoms with E-state index in [1.165, 1.54) is 0 Å². The molecule has 0 aromatic carbocycles. The van der Waals surface area contributed by atoms with Gasteiger partial charge >= 0.3 is 0 Å². The Labute approximate surface area is 94.7 Å². The largest absolute Gasteiger partial charge is 0.369 e. The summed E-state index contributed by atoms with van der Waals surface area (Å²) in [6, 6.07) is 0. The summed E-state index contributed by atoms with van der Waals surface area (Å²) >= 11 is 5.87. The Bertz CT molecular complexity index is 250. The van der Waals surface area contributed by atoms with Gasteiger partial charge in [-0.1, -0.05) is 6.92 Å². The van der Waals surface area contributed by atoms with Crippen LogP contribution in [0.2, 0.25) is 0 Å². The molecule has 0 aliphatic carbocycles. The van der Waals surface area contributed by atoms with Crippen LogP contribution in [0.3, 0.4) is 0 Å². The Morgan fingerprint density at radius 3 is 2.40 bits per heavy atom. The number of primary amides is 1. The van der Waals surface area contributed by atoms with Crippen LogP contribution < -0.4 is 5.73 Å². The van der Waals surface area contributed by atoms with Gasteiger partial charge in [0.2, 0.25) is 11.8 Å². The van der Waals surface area contributed by atoms with Crippen LogP contribution in [0.15, 0.2) is 0 Å². The molecule has 0 radical (unpaired) electrons. The van der Waals surface area contributed by atoms with Crippen LogP contribution >= 0.6 is 11.6 Å². The maximum atomic E-state index is 11.7. The monoisotopic (exact) mass is 232 g/mol. The van der Waals surface area contributed by atoms with E-state index in [1.807, 2.05) is 6.92 Å². The van der Waals surface area contributed by atoms with Crippen molar-refractivity contribution in [2.24, 2.45) is 11.7 Å². The van der Waals surface area contributed by atoms with Crippen molar-refractivity contribution in [3.63, 3.8) is 0 Å². The third-order valence-electron chi connectivity index (χ3n) is 2.84. The van der Waals surface area contributed by atoms with E-state index < -0.39 is 5.38 Å². The number of halogens is 1. The van der Waals surface area contributed by atoms with Gasteiger partial charge < -0.3 is 10.6 Å². The van der Waals surface area contributed by atoms with Crippen molar-refractivity contribution in [3.05, 3.63) is 0 Å². The van der Waals surface area contributed by atoms with E-state index >= 15 is 0 Å². The zero-order valence-electron chi connectivity index (χ0n) is 8.91. The number of piperidine rings is 1. The van der Waals surface area contributed by atoms with E-state index in [9.17, 15) is 9.59 Å². The lowest BCUT2D eigenvalue weighted by Gasteiger charge is -2.31. The van der Waals surface area contributed by atoms with Crippen LogP contribution in [0.25, 0.3) is 0 Å². The molecule has 1 fully saturated rings. The standard InChI is InChI=1S/C10H17ClN2O2/c1-2-8(11)10(15)13-5-3-7(4-6-13)9(12)14/h7-8H,2-6H2,1H3,(H2,12,14)/t8-/m0/s1. The van der Waals surface area contributed by atoms with Gasteiger partial charge in [-0.2, -0.15) is 0 Å². The molecule has 5 heteroatoms. The molecule has 1 saturated heterocycles. The zero-order chi connectivity index (χ0) is 11.4. The van der Waals surface area contributed by atoms with Gasteiger partial charge in [-0.15, -0.1) is 11.6 Å². The minimum atomic E-state index is -0.435. The van der Waals surface area contributed by atoms with Crippen molar-refractivity contribution in [2.75, 3.05) is 13.1 Å². The Morgan fingerprint density at radius 1 is 1.47 bits per heavy atom. The van der Waals surface area contributed by atoms with E-state index in [2.05, 4.69) is 0 Å². The van der Waals surface area contributed by atoms with E-state index in [-0.39, 0.29) is 17.7 Å². The molecule has 1 atom stereocenters. The third-order valence-corrected chi connectivity index (χ3v) is 3.33. The smallest absolute Gasteiger partial charge is 0.240 e. The Morgan fingerprint density at radius 2 is 2.00 bits per heavy atom. The summed E-state index contributed by atoms with van der Waals surface area (Å²) in [5.41, 5.74) is 5.21. The molecule has 1 rings (SSSR count). The first-order valence-electron chi connectivity index (χ1n) is 5.28. The summed E-state index contributed by atoms with van der Waals surface area (Å²) in [5, 5.41) is -0.435. The van der Waals surface area contributed by atoms with Gasteiger partial charge in [0.05, 0.1) is 0 Å². The summed E-state index contributed by atoms with van der Waals surface area (Å²) < 4.78 is 0. The lowest BCUT2D eigenvalue weighted by molar-refractivity contribution is -0.134. The first-order valence-corrected chi connectivity index (χ1v) is 5.72. The summed E-state index contributed by atoms with van der Waals surface area (Å²) in [4.78, 5) is 24.3. The van der Waals surface area contributed by atoms with E-state index in [1.54, 1.807) is 4.90 Å². The fourth-order valence-corrected chi connectivity index (χ4v) is 1.90. The van der Waals surface area contributed by atoms with Gasteiger partial charge in [0, 0.05) is 19.0 Å². The number of nitrogens with two attached hydrogens (primary N) is 1. The maximum Gasteiger partial charge on any atom is 0.240 e. The fraction of sp³-hybridized carbons (Fsp3) is 0.800. The zero-order valence-corrected chi connectivity index (χ0v) is 9.67. The highest BCUT2D eigenvalue weighted by atomic mass is 35.5. The van der Waals surface area contributed by atoms with Gasteiger partial charge in [-0.3, -0.25) is 9.59 Å². The molecule has 0 saturated carbocycles. The summed E-state index contributed by atoms with van der Waals surface area (Å²) in [6.07, 6.45) is 1.96. The average Bonchev–Trinajstić information content (AvgIpc) is 2.27. The molecular weight excluding hydrogens is 216 g/mol. The molecule has 0 aromatic rings. The molecule has 86 valence electrons. The number of nitrogens with zero attached hydrogens (tertiary/aromatic N) is 1. The molecule has 2 amide bonds. The second-order valence-corrected chi connectivity index (χ2v) is 4.40. The third kappa shape index (κ3) is 3.09. The minimum absolute atomic E-state index is 0.0258. The second-order valence-electron chi connectivity index (χ2n) is 3.88. The number of carbonyl (C=O) groups is 2. The number of hydrogen-bond donors (Lipinski definition) is 1. The van der Waals surface area contributed by atoms with Crippen LogP contribution in [0.4, 0.5) is 0 Å². The quantitative estimate of drug-likeness (QED) is 0.729. The highest BCUT2D eigenvalue weighted by molar-refractivity contribution is 6.30. The van der Waals surface area contributed by atoms with Crippen LogP contribution in [-0.4, -0.2) is 35.2 Å². The first-order chi connectivity index (χ1) is 7.06. The average molecular weight is 233 g/mol. The van der Waals surface area contributed by atoms with Crippen molar-refractivity contribution in [2.45, 2.75) is 31.6 Å². The Hall–Kier alpha value is -0.770. The van der Waals surface area contributed by atoms with E-state index in [0.29, 0.717) is 32.4 Å². The molecular formula is C10H17ClN2O2. The topological polar surface area (TPSA) is 63.4 Å². The number of amides is 2. The van der Waals surface area contributed by atoms with Gasteiger partial charge in [0.1, 0.15) is 5.38 Å². The molecule has 1 aliphatic heterocycles. The Kier molecular flexibility index (Phi) is 4.39. The maximum absolute atomic E-state index is 11.7. The summed E-state index contributed by atoms with van der Waals surface area (Å²) in [7, 11) is 0. The second kappa shape index (κ2) is 5.35. The highest BCUT2D eigenvalue weighted by Crippen LogP contribution is 2.18. The lowest BCUT2D eigenvalue weighted by Crippen LogP contribution is -2.44. The van der Waals surface area contributed by atoms with Crippen LogP contribution in [0.1, 0.15) is 26.2 Å². The molecule has 4 nitrogen and oxygen atoms in total. The number of hydrogen-bond acceptors (Lipinski definition) is 2. The normalized spacial score (nSPS) is 20.0. The molecule has 1 heterocycles. The summed E-state index contributed by atoms with van der Waals surface area (Å²) in [6.45, 7) is 3.07. The molecule has 0 spiro atoms. The van der Waals surface area contributed by atoms with Crippen molar-refractivity contribution in [3.8, 4) is 0 Å². The molecule has 0 unspecified atom stereocenters. The molecule has 1 aliphatic rings. The number of carbonyl (C=O) groups excluding carboxylic acids is 2. The molecule has 2 N–H and O–H groups in total. The van der Waals surface area contributed by atoms with Crippen molar-refractivity contribution in [1.82, 2.24) is 4.90 Å². The van der Waals surface area contributed by atoms with Gasteiger partial charge in [0.15, 0.2) is 0 Å².